The maximum atomic E-state index is 3.77. The third-order valence-electron chi connectivity index (χ3n) is 4.50. The largest absolute Gasteiger partial charge is 0.365 e. The van der Waals surface area contributed by atoms with Crippen LogP contribution in [0.25, 0.3) is 0 Å². The quantitative estimate of drug-likeness (QED) is 0.913. The fourth-order valence-corrected chi connectivity index (χ4v) is 3.40. The number of piperazine rings is 1. The van der Waals surface area contributed by atoms with Crippen LogP contribution in [0.2, 0.25) is 0 Å². The van der Waals surface area contributed by atoms with E-state index >= 15 is 0 Å². The molecule has 104 valence electrons. The lowest BCUT2D eigenvalue weighted by Gasteiger charge is -2.44. The number of halogens is 1. The highest BCUT2D eigenvalue weighted by molar-refractivity contribution is 9.10. The van der Waals surface area contributed by atoms with Gasteiger partial charge in [-0.25, -0.2) is 0 Å². The average molecular weight is 323 g/mol. The molecule has 0 spiro atoms. The SMILES string of the molecule is CC(C)C1CNC(C2CC2)CN1c1ccc(Br)cc1. The molecule has 19 heavy (non-hydrogen) atoms. The van der Waals surface area contributed by atoms with Gasteiger partial charge >= 0.3 is 0 Å². The highest BCUT2D eigenvalue weighted by Gasteiger charge is 2.37. The number of hydrogen-bond donors (Lipinski definition) is 1. The van der Waals surface area contributed by atoms with Crippen LogP contribution in [0.5, 0.6) is 0 Å². The van der Waals surface area contributed by atoms with Crippen LogP contribution in [0, 0.1) is 11.8 Å². The van der Waals surface area contributed by atoms with Crippen LogP contribution < -0.4 is 10.2 Å². The van der Waals surface area contributed by atoms with Gasteiger partial charge in [0.25, 0.3) is 0 Å². The lowest BCUT2D eigenvalue weighted by molar-refractivity contribution is 0.320. The third kappa shape index (κ3) is 2.97. The lowest BCUT2D eigenvalue weighted by atomic mass is 9.96. The first-order chi connectivity index (χ1) is 9.15. The first-order valence-electron chi connectivity index (χ1n) is 7.40. The zero-order valence-corrected chi connectivity index (χ0v) is 13.4. The van der Waals surface area contributed by atoms with Crippen LogP contribution in [0.1, 0.15) is 26.7 Å². The van der Waals surface area contributed by atoms with Crippen LogP contribution in [-0.2, 0) is 0 Å². The fourth-order valence-electron chi connectivity index (χ4n) is 3.13. The first-order valence-corrected chi connectivity index (χ1v) is 8.20. The summed E-state index contributed by atoms with van der Waals surface area (Å²) in [4.78, 5) is 2.62. The number of benzene rings is 1. The van der Waals surface area contributed by atoms with Crippen molar-refractivity contribution in [2.45, 2.75) is 38.8 Å². The maximum absolute atomic E-state index is 3.77. The second-order valence-electron chi connectivity index (χ2n) is 6.29. The Kier molecular flexibility index (Phi) is 3.86. The number of nitrogens with zero attached hydrogens (tertiary/aromatic N) is 1. The molecule has 3 heteroatoms. The fraction of sp³-hybridized carbons (Fsp3) is 0.625. The molecule has 2 atom stereocenters. The Morgan fingerprint density at radius 1 is 1.21 bits per heavy atom. The normalized spacial score (nSPS) is 27.9. The summed E-state index contributed by atoms with van der Waals surface area (Å²) < 4.78 is 1.16. The van der Waals surface area contributed by atoms with E-state index in [0.717, 1.165) is 23.5 Å². The predicted molar refractivity (Wildman–Crippen MR) is 84.6 cm³/mol. The molecular formula is C16H23BrN2. The van der Waals surface area contributed by atoms with Gasteiger partial charge in [-0.05, 0) is 48.9 Å². The average Bonchev–Trinajstić information content (AvgIpc) is 3.23. The van der Waals surface area contributed by atoms with E-state index in [1.807, 2.05) is 0 Å². The van der Waals surface area contributed by atoms with Crippen molar-refractivity contribution in [2.75, 3.05) is 18.0 Å². The maximum Gasteiger partial charge on any atom is 0.0438 e. The molecule has 1 aliphatic carbocycles. The van der Waals surface area contributed by atoms with Crippen molar-refractivity contribution >= 4 is 21.6 Å². The Morgan fingerprint density at radius 3 is 2.47 bits per heavy atom. The van der Waals surface area contributed by atoms with Crippen molar-refractivity contribution in [2.24, 2.45) is 11.8 Å². The van der Waals surface area contributed by atoms with Crippen LogP contribution in [-0.4, -0.2) is 25.2 Å². The van der Waals surface area contributed by atoms with Crippen molar-refractivity contribution in [3.8, 4) is 0 Å². The molecular weight excluding hydrogens is 300 g/mol. The topological polar surface area (TPSA) is 15.3 Å². The number of anilines is 1. The molecule has 0 radical (unpaired) electrons. The molecule has 0 aromatic heterocycles. The minimum absolute atomic E-state index is 0.608. The zero-order chi connectivity index (χ0) is 13.4. The number of rotatable bonds is 3. The second kappa shape index (κ2) is 5.45. The summed E-state index contributed by atoms with van der Waals surface area (Å²) in [5, 5.41) is 3.77. The Morgan fingerprint density at radius 2 is 1.89 bits per heavy atom. The van der Waals surface area contributed by atoms with Gasteiger partial charge in [-0.1, -0.05) is 29.8 Å². The second-order valence-corrected chi connectivity index (χ2v) is 7.21. The highest BCUT2D eigenvalue weighted by atomic mass is 79.9. The van der Waals surface area contributed by atoms with Gasteiger partial charge in [-0.2, -0.15) is 0 Å². The highest BCUT2D eigenvalue weighted by Crippen LogP contribution is 2.36. The van der Waals surface area contributed by atoms with Gasteiger partial charge in [0.2, 0.25) is 0 Å². The molecule has 0 amide bonds. The van der Waals surface area contributed by atoms with Gasteiger partial charge in [0.05, 0.1) is 0 Å². The summed E-state index contributed by atoms with van der Waals surface area (Å²) in [6.07, 6.45) is 2.83. The molecule has 0 bridgehead atoms. The van der Waals surface area contributed by atoms with E-state index in [4.69, 9.17) is 0 Å². The molecule has 3 rings (SSSR count). The van der Waals surface area contributed by atoms with Crippen molar-refractivity contribution in [1.82, 2.24) is 5.32 Å². The monoisotopic (exact) mass is 322 g/mol. The lowest BCUT2D eigenvalue weighted by Crippen LogP contribution is -2.59. The summed E-state index contributed by atoms with van der Waals surface area (Å²) in [5.41, 5.74) is 1.37. The van der Waals surface area contributed by atoms with Crippen LogP contribution in [0.3, 0.4) is 0 Å². The summed E-state index contributed by atoms with van der Waals surface area (Å²) in [7, 11) is 0. The standard InChI is InChI=1S/C16H23BrN2/c1-11(2)16-9-18-15(12-3-4-12)10-19(16)14-7-5-13(17)6-8-14/h5-8,11-12,15-16,18H,3-4,9-10H2,1-2H3. The Labute approximate surface area is 124 Å². The van der Waals surface area contributed by atoms with E-state index in [-0.39, 0.29) is 0 Å². The predicted octanol–water partition coefficient (Wildman–Crippen LogP) is 3.66. The minimum atomic E-state index is 0.608. The van der Waals surface area contributed by atoms with Gasteiger partial charge in [0, 0.05) is 35.3 Å². The Balaban J connectivity index is 1.81. The van der Waals surface area contributed by atoms with Gasteiger partial charge < -0.3 is 10.2 Å². The molecule has 1 saturated carbocycles. The molecule has 2 fully saturated rings. The van der Waals surface area contributed by atoms with Crippen LogP contribution >= 0.6 is 15.9 Å². The van der Waals surface area contributed by atoms with Crippen LogP contribution in [0.4, 0.5) is 5.69 Å². The molecule has 1 saturated heterocycles. The number of hydrogen-bond acceptors (Lipinski definition) is 2. The molecule has 2 aliphatic rings. The first kappa shape index (κ1) is 13.4. The van der Waals surface area contributed by atoms with Gasteiger partial charge in [-0.15, -0.1) is 0 Å². The zero-order valence-electron chi connectivity index (χ0n) is 11.8. The van der Waals surface area contributed by atoms with Gasteiger partial charge in [-0.3, -0.25) is 0 Å². The van der Waals surface area contributed by atoms with E-state index in [0.29, 0.717) is 18.0 Å². The molecule has 1 heterocycles. The van der Waals surface area contributed by atoms with Crippen molar-refractivity contribution in [1.29, 1.82) is 0 Å². The van der Waals surface area contributed by atoms with Gasteiger partial charge in [0.15, 0.2) is 0 Å². The molecule has 2 nitrogen and oxygen atoms in total. The summed E-state index contributed by atoms with van der Waals surface area (Å²) in [5.74, 6) is 1.60. The van der Waals surface area contributed by atoms with E-state index in [1.165, 1.54) is 18.5 Å². The van der Waals surface area contributed by atoms with E-state index in [2.05, 4.69) is 64.3 Å². The summed E-state index contributed by atoms with van der Waals surface area (Å²) in [6, 6.07) is 10.1. The summed E-state index contributed by atoms with van der Waals surface area (Å²) in [6.45, 7) is 6.94. The summed E-state index contributed by atoms with van der Waals surface area (Å²) >= 11 is 3.53. The Hall–Kier alpha value is -0.540. The van der Waals surface area contributed by atoms with E-state index in [1.54, 1.807) is 0 Å². The van der Waals surface area contributed by atoms with Crippen LogP contribution in [0.15, 0.2) is 28.7 Å². The molecule has 1 aliphatic heterocycles. The molecule has 1 N–H and O–H groups in total. The van der Waals surface area contributed by atoms with Crippen molar-refractivity contribution in [3.05, 3.63) is 28.7 Å². The van der Waals surface area contributed by atoms with E-state index < -0.39 is 0 Å². The minimum Gasteiger partial charge on any atom is -0.365 e. The number of nitrogens with one attached hydrogen (secondary N) is 1. The molecule has 1 aromatic carbocycles. The molecule has 1 aromatic rings. The smallest absolute Gasteiger partial charge is 0.0438 e. The third-order valence-corrected chi connectivity index (χ3v) is 5.03. The van der Waals surface area contributed by atoms with Crippen molar-refractivity contribution in [3.63, 3.8) is 0 Å². The van der Waals surface area contributed by atoms with Gasteiger partial charge in [0.1, 0.15) is 0 Å². The van der Waals surface area contributed by atoms with E-state index in [9.17, 15) is 0 Å². The Bertz CT molecular complexity index is 425. The van der Waals surface area contributed by atoms with Crippen molar-refractivity contribution < 1.29 is 0 Å². The molecule has 2 unspecified atom stereocenters.